The van der Waals surface area contributed by atoms with Gasteiger partial charge in [-0.15, -0.1) is 0 Å². The Bertz CT molecular complexity index is 1340. The Kier molecular flexibility index (Phi) is 9.88. The van der Waals surface area contributed by atoms with Gasteiger partial charge in [0.15, 0.2) is 6.61 Å². The predicted octanol–water partition coefficient (Wildman–Crippen LogP) is 3.06. The molecule has 0 atom stereocenters. The zero-order valence-corrected chi connectivity index (χ0v) is 22.2. The van der Waals surface area contributed by atoms with Gasteiger partial charge in [-0.1, -0.05) is 0 Å². The number of nitrogens with zero attached hydrogens (tertiary/aromatic N) is 3. The Labute approximate surface area is 228 Å². The largest absolute Gasteiger partial charge is 0.490 e. The third kappa shape index (κ3) is 8.30. The predicted molar refractivity (Wildman–Crippen MR) is 141 cm³/mol. The van der Waals surface area contributed by atoms with Crippen molar-refractivity contribution in [3.05, 3.63) is 59.9 Å². The van der Waals surface area contributed by atoms with Crippen molar-refractivity contribution in [3.63, 3.8) is 0 Å². The monoisotopic (exact) mass is 561 g/mol. The summed E-state index contributed by atoms with van der Waals surface area (Å²) in [6, 6.07) is 13.3. The summed E-state index contributed by atoms with van der Waals surface area (Å²) in [6.07, 6.45) is -2.52. The molecule has 10 nitrogen and oxygen atoms in total. The number of amides is 2. The average molecular weight is 562 g/mol. The van der Waals surface area contributed by atoms with E-state index in [4.69, 9.17) is 14.6 Å². The number of aromatic amines is 1. The zero-order valence-electron chi connectivity index (χ0n) is 22.2. The fourth-order valence-electron chi connectivity index (χ4n) is 3.66. The quantitative estimate of drug-likeness (QED) is 0.386. The molecule has 0 saturated carbocycles. The summed E-state index contributed by atoms with van der Waals surface area (Å²) in [4.78, 5) is 44.8. The van der Waals surface area contributed by atoms with Crippen LogP contribution in [0.5, 0.6) is 5.75 Å². The lowest BCUT2D eigenvalue weighted by atomic mass is 10.1. The van der Waals surface area contributed by atoms with Gasteiger partial charge in [-0.25, -0.2) is 4.79 Å². The number of likely N-dealkylation sites (N-methyl/N-ethyl adjacent to an activating group) is 2. The molecule has 2 amide bonds. The maximum atomic E-state index is 12.2. The van der Waals surface area contributed by atoms with Crippen molar-refractivity contribution in [3.8, 4) is 28.3 Å². The number of carboxylic acid groups (broad SMARTS) is 1. The van der Waals surface area contributed by atoms with Gasteiger partial charge in [0.25, 0.3) is 11.8 Å². The van der Waals surface area contributed by atoms with E-state index in [1.807, 2.05) is 61.5 Å². The van der Waals surface area contributed by atoms with Crippen LogP contribution in [0.3, 0.4) is 0 Å². The van der Waals surface area contributed by atoms with Crippen molar-refractivity contribution in [2.24, 2.45) is 0 Å². The first-order valence-corrected chi connectivity index (χ1v) is 12.2. The Morgan fingerprint density at radius 1 is 1.05 bits per heavy atom. The standard InChI is InChI=1S/C25H29N5O3.C2HF3O2/c1-29(2)12-13-30(3)24(31)16-33-19-6-4-17(5-7-19)22-14-18(8-10-26-22)23-15-20-21(28-23)9-11-27-25(20)32;3-2(4,5)1(6)7/h4-8,10,14-15,28H,9,11-13,16H2,1-3H3,(H,27,32);(H,6,7). The SMILES string of the molecule is CN(C)CCN(C)C(=O)COc1ccc(-c2cc(-c3cc4c([nH]3)CCNC4=O)ccn2)cc1.O=C(O)C(F)(F)F. The molecule has 40 heavy (non-hydrogen) atoms. The van der Waals surface area contributed by atoms with Crippen LogP contribution >= 0.6 is 0 Å². The lowest BCUT2D eigenvalue weighted by molar-refractivity contribution is -0.192. The number of pyridine rings is 1. The highest BCUT2D eigenvalue weighted by molar-refractivity contribution is 5.97. The molecule has 0 aliphatic carbocycles. The minimum Gasteiger partial charge on any atom is -0.484 e. The van der Waals surface area contributed by atoms with Crippen molar-refractivity contribution in [1.82, 2.24) is 25.1 Å². The van der Waals surface area contributed by atoms with Crippen molar-refractivity contribution in [2.75, 3.05) is 47.4 Å². The number of hydrogen-bond donors (Lipinski definition) is 3. The minimum absolute atomic E-state index is 0.00206. The van der Waals surface area contributed by atoms with Gasteiger partial charge in [-0.05, 0) is 56.6 Å². The van der Waals surface area contributed by atoms with E-state index in [1.54, 1.807) is 18.1 Å². The third-order valence-electron chi connectivity index (χ3n) is 5.94. The molecule has 13 heteroatoms. The van der Waals surface area contributed by atoms with Crippen LogP contribution in [0.1, 0.15) is 16.1 Å². The second-order valence-corrected chi connectivity index (χ2v) is 9.25. The molecule has 2 aromatic heterocycles. The summed E-state index contributed by atoms with van der Waals surface area (Å²) < 4.78 is 37.4. The van der Waals surface area contributed by atoms with Crippen LogP contribution in [0.2, 0.25) is 0 Å². The molecule has 0 bridgehead atoms. The third-order valence-corrected chi connectivity index (χ3v) is 5.94. The van der Waals surface area contributed by atoms with Crippen LogP contribution in [0.25, 0.3) is 22.5 Å². The summed E-state index contributed by atoms with van der Waals surface area (Å²) in [5.41, 5.74) is 5.29. The molecule has 0 fully saturated rings. The van der Waals surface area contributed by atoms with Gasteiger partial charge in [0.2, 0.25) is 0 Å². The van der Waals surface area contributed by atoms with Gasteiger partial charge < -0.3 is 29.9 Å². The van der Waals surface area contributed by atoms with E-state index >= 15 is 0 Å². The van der Waals surface area contributed by atoms with E-state index in [1.165, 1.54) is 0 Å². The van der Waals surface area contributed by atoms with E-state index in [0.717, 1.165) is 41.2 Å². The molecule has 1 aromatic carbocycles. The Hall–Kier alpha value is -4.39. The van der Waals surface area contributed by atoms with Crippen molar-refractivity contribution < 1.29 is 37.4 Å². The zero-order chi connectivity index (χ0) is 29.4. The van der Waals surface area contributed by atoms with Gasteiger partial charge in [0.1, 0.15) is 5.75 Å². The first-order chi connectivity index (χ1) is 18.8. The van der Waals surface area contributed by atoms with E-state index in [2.05, 4.69) is 15.3 Å². The molecule has 1 aliphatic rings. The number of benzene rings is 1. The first-order valence-electron chi connectivity index (χ1n) is 12.2. The number of hydrogen-bond acceptors (Lipinski definition) is 6. The van der Waals surface area contributed by atoms with Crippen molar-refractivity contribution in [1.29, 1.82) is 0 Å². The number of nitrogens with one attached hydrogen (secondary N) is 2. The van der Waals surface area contributed by atoms with Gasteiger partial charge in [-0.3, -0.25) is 14.6 Å². The molecular formula is C27H30F3N5O5. The van der Waals surface area contributed by atoms with Crippen molar-refractivity contribution in [2.45, 2.75) is 12.6 Å². The van der Waals surface area contributed by atoms with Crippen LogP contribution in [0.15, 0.2) is 48.7 Å². The normalized spacial score (nSPS) is 12.6. The maximum Gasteiger partial charge on any atom is 0.490 e. The number of carboxylic acids is 1. The maximum absolute atomic E-state index is 12.2. The molecule has 0 unspecified atom stereocenters. The minimum atomic E-state index is -5.08. The first kappa shape index (κ1) is 30.2. The molecule has 4 rings (SSSR count). The molecule has 3 heterocycles. The Morgan fingerprint density at radius 3 is 2.33 bits per heavy atom. The fraction of sp³-hybridized carbons (Fsp3) is 0.333. The summed E-state index contributed by atoms with van der Waals surface area (Å²) in [7, 11) is 5.74. The van der Waals surface area contributed by atoms with Gasteiger partial charge in [0, 0.05) is 61.8 Å². The highest BCUT2D eigenvalue weighted by atomic mass is 19.4. The molecule has 0 spiro atoms. The average Bonchev–Trinajstić information content (AvgIpc) is 3.36. The number of rotatable bonds is 8. The molecule has 214 valence electrons. The van der Waals surface area contributed by atoms with E-state index in [-0.39, 0.29) is 18.4 Å². The number of H-pyrrole nitrogens is 1. The number of aliphatic carboxylic acids is 1. The molecule has 0 radical (unpaired) electrons. The van der Waals surface area contributed by atoms with Crippen LogP contribution in [0.4, 0.5) is 13.2 Å². The van der Waals surface area contributed by atoms with E-state index in [9.17, 15) is 22.8 Å². The number of carbonyl (C=O) groups is 3. The smallest absolute Gasteiger partial charge is 0.484 e. The van der Waals surface area contributed by atoms with Gasteiger partial charge in [-0.2, -0.15) is 13.2 Å². The fourth-order valence-corrected chi connectivity index (χ4v) is 3.66. The van der Waals surface area contributed by atoms with Crippen LogP contribution in [-0.4, -0.2) is 96.2 Å². The highest BCUT2D eigenvalue weighted by Gasteiger charge is 2.38. The Morgan fingerprint density at radius 2 is 1.73 bits per heavy atom. The second-order valence-electron chi connectivity index (χ2n) is 9.25. The van der Waals surface area contributed by atoms with Crippen LogP contribution in [0, 0.1) is 0 Å². The number of alkyl halides is 3. The summed E-state index contributed by atoms with van der Waals surface area (Å²) in [5, 5.41) is 10.00. The molecular weight excluding hydrogens is 531 g/mol. The Balaban J connectivity index is 0.000000559. The summed E-state index contributed by atoms with van der Waals surface area (Å²) in [6.45, 7) is 2.12. The molecule has 0 saturated heterocycles. The lowest BCUT2D eigenvalue weighted by Crippen LogP contribution is -2.36. The number of carbonyl (C=O) groups excluding carboxylic acids is 2. The highest BCUT2D eigenvalue weighted by Crippen LogP contribution is 2.28. The summed E-state index contributed by atoms with van der Waals surface area (Å²) in [5.74, 6) is -2.22. The topological polar surface area (TPSA) is 128 Å². The van der Waals surface area contributed by atoms with Crippen LogP contribution in [-0.2, 0) is 16.0 Å². The van der Waals surface area contributed by atoms with Gasteiger partial charge in [0.05, 0.1) is 11.3 Å². The number of aromatic nitrogens is 2. The molecule has 3 aromatic rings. The number of ether oxygens (including phenoxy) is 1. The van der Waals surface area contributed by atoms with E-state index < -0.39 is 12.1 Å². The van der Waals surface area contributed by atoms with Crippen molar-refractivity contribution >= 4 is 17.8 Å². The second kappa shape index (κ2) is 13.1. The van der Waals surface area contributed by atoms with Crippen LogP contribution < -0.4 is 10.1 Å². The summed E-state index contributed by atoms with van der Waals surface area (Å²) >= 11 is 0. The lowest BCUT2D eigenvalue weighted by Gasteiger charge is -2.19. The number of halogens is 3. The van der Waals surface area contributed by atoms with E-state index in [0.29, 0.717) is 24.4 Å². The molecule has 3 N–H and O–H groups in total. The molecule has 1 aliphatic heterocycles. The van der Waals surface area contributed by atoms with Gasteiger partial charge >= 0.3 is 12.1 Å². The number of fused-ring (bicyclic) bond motifs is 1.